The molecule has 1 aromatic rings. The molecule has 0 aliphatic rings. The van der Waals surface area contributed by atoms with Crippen LogP contribution in [0.4, 0.5) is 0 Å². The van der Waals surface area contributed by atoms with Gasteiger partial charge < -0.3 is 4.52 Å². The van der Waals surface area contributed by atoms with Crippen LogP contribution >= 0.6 is 0 Å². The Hall–Kier alpha value is -1.23. The molecule has 0 fully saturated rings. The summed E-state index contributed by atoms with van der Waals surface area (Å²) in [6.45, 7) is 2.10. The summed E-state index contributed by atoms with van der Waals surface area (Å²) in [5.41, 5.74) is 0.870. The summed E-state index contributed by atoms with van der Waals surface area (Å²) in [5, 5.41) is 3.79. The summed E-state index contributed by atoms with van der Waals surface area (Å²) in [4.78, 5) is 0. The van der Waals surface area contributed by atoms with Crippen LogP contribution in [0.25, 0.3) is 0 Å². The first-order valence-electron chi connectivity index (χ1n) is 3.75. The van der Waals surface area contributed by atoms with Crippen LogP contribution in [0.5, 0.6) is 0 Å². The molecule has 0 saturated carbocycles. The molecular weight excluding hydrogens is 138 g/mol. The maximum Gasteiger partial charge on any atom is 0.124 e. The fourth-order valence-corrected chi connectivity index (χ4v) is 1.01. The van der Waals surface area contributed by atoms with Gasteiger partial charge in [0, 0.05) is 6.07 Å². The molecule has 0 saturated heterocycles. The van der Waals surface area contributed by atoms with Gasteiger partial charge in [-0.3, -0.25) is 0 Å². The molecule has 1 atom stereocenters. The Balaban J connectivity index is 2.65. The second kappa shape index (κ2) is 3.82. The summed E-state index contributed by atoms with van der Waals surface area (Å²) in [6, 6.07) is 1.82. The number of hydrogen-bond acceptors (Lipinski definition) is 2. The zero-order chi connectivity index (χ0) is 8.10. The predicted octanol–water partition coefficient (Wildman–Crippen LogP) is 2.19. The quantitative estimate of drug-likeness (QED) is 0.616. The summed E-state index contributed by atoms with van der Waals surface area (Å²) in [6.07, 6.45) is 8.92. The molecule has 0 amide bonds. The van der Waals surface area contributed by atoms with Crippen LogP contribution in [0.15, 0.2) is 16.9 Å². The second-order valence-electron chi connectivity index (χ2n) is 2.43. The molecule has 0 aliphatic heterocycles. The van der Waals surface area contributed by atoms with Gasteiger partial charge in [-0.15, -0.1) is 6.42 Å². The average molecular weight is 149 g/mol. The highest BCUT2D eigenvalue weighted by atomic mass is 16.5. The van der Waals surface area contributed by atoms with Crippen LogP contribution in [0, 0.1) is 12.3 Å². The summed E-state index contributed by atoms with van der Waals surface area (Å²) >= 11 is 0. The van der Waals surface area contributed by atoms with E-state index in [0.717, 1.165) is 18.5 Å². The summed E-state index contributed by atoms with van der Waals surface area (Å²) in [7, 11) is 0. The molecular formula is C9H11NO. The van der Waals surface area contributed by atoms with Gasteiger partial charge in [0.25, 0.3) is 0 Å². The molecule has 0 N–H and O–H groups in total. The van der Waals surface area contributed by atoms with Gasteiger partial charge in [0.1, 0.15) is 6.26 Å². The molecule has 58 valence electrons. The van der Waals surface area contributed by atoms with Gasteiger partial charge in [-0.2, -0.15) is 0 Å². The van der Waals surface area contributed by atoms with E-state index in [4.69, 9.17) is 10.9 Å². The van der Waals surface area contributed by atoms with E-state index in [0.29, 0.717) is 0 Å². The molecule has 0 radical (unpaired) electrons. The molecule has 0 aromatic carbocycles. The van der Waals surface area contributed by atoms with E-state index >= 15 is 0 Å². The van der Waals surface area contributed by atoms with Crippen molar-refractivity contribution in [3.63, 3.8) is 0 Å². The first kappa shape index (κ1) is 7.87. The first-order valence-corrected chi connectivity index (χ1v) is 3.75. The second-order valence-corrected chi connectivity index (χ2v) is 2.43. The van der Waals surface area contributed by atoms with Crippen LogP contribution in [0.3, 0.4) is 0 Å². The SMILES string of the molecule is C#CC(CCC)c1ccon1. The largest absolute Gasteiger partial charge is 0.364 e. The minimum atomic E-state index is 0.124. The molecule has 1 heterocycles. The zero-order valence-electron chi connectivity index (χ0n) is 6.58. The van der Waals surface area contributed by atoms with Gasteiger partial charge in [-0.1, -0.05) is 24.4 Å². The van der Waals surface area contributed by atoms with Crippen molar-refractivity contribution >= 4 is 0 Å². The minimum absolute atomic E-state index is 0.124. The third-order valence-corrected chi connectivity index (χ3v) is 1.59. The van der Waals surface area contributed by atoms with Crippen LogP contribution in [-0.2, 0) is 0 Å². The van der Waals surface area contributed by atoms with E-state index in [1.165, 1.54) is 0 Å². The highest BCUT2D eigenvalue weighted by Gasteiger charge is 2.09. The molecule has 1 rings (SSSR count). The zero-order valence-corrected chi connectivity index (χ0v) is 6.58. The van der Waals surface area contributed by atoms with Crippen LogP contribution in [0.1, 0.15) is 31.4 Å². The highest BCUT2D eigenvalue weighted by Crippen LogP contribution is 2.17. The van der Waals surface area contributed by atoms with E-state index in [1.807, 2.05) is 6.07 Å². The van der Waals surface area contributed by atoms with E-state index < -0.39 is 0 Å². The lowest BCUT2D eigenvalue weighted by Gasteiger charge is -2.02. The van der Waals surface area contributed by atoms with Crippen molar-refractivity contribution in [3.8, 4) is 12.3 Å². The van der Waals surface area contributed by atoms with Gasteiger partial charge in [0.2, 0.25) is 0 Å². The number of terminal acetylenes is 1. The fourth-order valence-electron chi connectivity index (χ4n) is 1.01. The Labute approximate surface area is 66.6 Å². The van der Waals surface area contributed by atoms with Gasteiger partial charge in [0.05, 0.1) is 11.6 Å². The third-order valence-electron chi connectivity index (χ3n) is 1.59. The van der Waals surface area contributed by atoms with Crippen molar-refractivity contribution < 1.29 is 4.52 Å². The van der Waals surface area contributed by atoms with Crippen molar-refractivity contribution in [1.82, 2.24) is 5.16 Å². The van der Waals surface area contributed by atoms with E-state index in [2.05, 4.69) is 18.0 Å². The number of nitrogens with zero attached hydrogens (tertiary/aromatic N) is 1. The molecule has 0 bridgehead atoms. The Kier molecular flexibility index (Phi) is 2.74. The van der Waals surface area contributed by atoms with E-state index in [-0.39, 0.29) is 5.92 Å². The molecule has 2 nitrogen and oxygen atoms in total. The van der Waals surface area contributed by atoms with Crippen LogP contribution < -0.4 is 0 Å². The highest BCUT2D eigenvalue weighted by molar-refractivity contribution is 5.16. The molecule has 0 aliphatic carbocycles. The number of rotatable bonds is 3. The maximum absolute atomic E-state index is 5.32. The minimum Gasteiger partial charge on any atom is -0.364 e. The Morgan fingerprint density at radius 3 is 3.09 bits per heavy atom. The molecule has 0 spiro atoms. The Bertz CT molecular complexity index is 233. The smallest absolute Gasteiger partial charge is 0.124 e. The van der Waals surface area contributed by atoms with Crippen molar-refractivity contribution in [2.45, 2.75) is 25.7 Å². The lowest BCUT2D eigenvalue weighted by molar-refractivity contribution is 0.408. The Morgan fingerprint density at radius 1 is 1.82 bits per heavy atom. The lowest BCUT2D eigenvalue weighted by Crippen LogP contribution is -1.94. The van der Waals surface area contributed by atoms with E-state index in [9.17, 15) is 0 Å². The van der Waals surface area contributed by atoms with Crippen molar-refractivity contribution in [2.24, 2.45) is 0 Å². The van der Waals surface area contributed by atoms with Gasteiger partial charge in [0.15, 0.2) is 0 Å². The van der Waals surface area contributed by atoms with Crippen molar-refractivity contribution in [3.05, 3.63) is 18.0 Å². The van der Waals surface area contributed by atoms with Crippen LogP contribution in [-0.4, -0.2) is 5.16 Å². The molecule has 1 unspecified atom stereocenters. The maximum atomic E-state index is 5.32. The fraction of sp³-hybridized carbons (Fsp3) is 0.444. The Morgan fingerprint density at radius 2 is 2.64 bits per heavy atom. The standard InChI is InChI=1S/C9H11NO/c1-3-5-8(4-2)9-6-7-11-10-9/h2,6-8H,3,5H2,1H3. The van der Waals surface area contributed by atoms with Gasteiger partial charge >= 0.3 is 0 Å². The normalized spacial score (nSPS) is 12.4. The first-order chi connectivity index (χ1) is 5.38. The third kappa shape index (κ3) is 1.84. The van der Waals surface area contributed by atoms with Crippen molar-refractivity contribution in [2.75, 3.05) is 0 Å². The average Bonchev–Trinajstić information content (AvgIpc) is 2.52. The van der Waals surface area contributed by atoms with Gasteiger partial charge in [-0.05, 0) is 6.42 Å². The van der Waals surface area contributed by atoms with E-state index in [1.54, 1.807) is 6.26 Å². The molecule has 2 heteroatoms. The lowest BCUT2D eigenvalue weighted by atomic mass is 10.0. The predicted molar refractivity (Wildman–Crippen MR) is 43.0 cm³/mol. The topological polar surface area (TPSA) is 26.0 Å². The van der Waals surface area contributed by atoms with Gasteiger partial charge in [-0.25, -0.2) is 0 Å². The summed E-state index contributed by atoms with van der Waals surface area (Å²) < 4.78 is 4.70. The molecule has 11 heavy (non-hydrogen) atoms. The number of hydrogen-bond donors (Lipinski definition) is 0. The van der Waals surface area contributed by atoms with Crippen molar-refractivity contribution in [1.29, 1.82) is 0 Å². The summed E-state index contributed by atoms with van der Waals surface area (Å²) in [5.74, 6) is 2.81. The molecule has 1 aromatic heterocycles. The van der Waals surface area contributed by atoms with Crippen LogP contribution in [0.2, 0.25) is 0 Å². The number of aromatic nitrogens is 1. The monoisotopic (exact) mass is 149 g/mol.